The number of aliphatic hydroxyl groups is 8. The minimum absolute atomic E-state index is 0. The molecule has 0 atom stereocenters. The number of rotatable bonds is 2. The summed E-state index contributed by atoms with van der Waals surface area (Å²) in [6, 6.07) is 0. The first-order valence-electron chi connectivity index (χ1n) is 20.8. The van der Waals surface area contributed by atoms with Crippen LogP contribution in [0.3, 0.4) is 0 Å². The normalized spacial score (nSPS) is 7.43. The van der Waals surface area contributed by atoms with Gasteiger partial charge in [-0.25, -0.2) is 0 Å². The molecule has 0 radical (unpaired) electrons. The van der Waals surface area contributed by atoms with Crippen LogP contribution in [-0.2, 0) is 109 Å². The minimum Gasteiger partial charge on any atom is -0.400 e. The molecule has 392 valence electrons. The molecule has 0 aromatic rings. The molecule has 0 heterocycles. The van der Waals surface area contributed by atoms with Crippen molar-refractivity contribution in [2.75, 3.05) is 40.6 Å². The Morgan fingerprint density at radius 2 is 0.302 bits per heavy atom. The van der Waals surface area contributed by atoms with E-state index in [4.69, 9.17) is 40.9 Å². The van der Waals surface area contributed by atoms with Crippen molar-refractivity contribution >= 4 is 0 Å². The second kappa shape index (κ2) is 175. The van der Waals surface area contributed by atoms with Crippen LogP contribution in [0, 0.1) is 47.3 Å². The van der Waals surface area contributed by atoms with Gasteiger partial charge in [-0.1, -0.05) is 13.8 Å². The van der Waals surface area contributed by atoms with Crippen molar-refractivity contribution in [3.8, 4) is 0 Å². The van der Waals surface area contributed by atoms with Gasteiger partial charge >= 0.3 is 86.9 Å². The van der Waals surface area contributed by atoms with E-state index in [0.717, 1.165) is 27.1 Å². The Morgan fingerprint density at radius 3 is 0.302 bits per heavy atom. The van der Waals surface area contributed by atoms with Crippen molar-refractivity contribution in [2.24, 2.45) is 0 Å². The van der Waals surface area contributed by atoms with Gasteiger partial charge in [0.25, 0.3) is 0 Å². The predicted octanol–water partition coefficient (Wildman–Crippen LogP) is 13.7. The average Bonchev–Trinajstić information content (AvgIpc) is 2.97. The van der Waals surface area contributed by atoms with E-state index in [-0.39, 0.29) is 134 Å². The number of aliphatic hydroxyl groups excluding tert-OH is 8. The summed E-state index contributed by atoms with van der Waals surface area (Å²) in [5, 5.41) is 61.0. The summed E-state index contributed by atoms with van der Waals surface area (Å²) in [4.78, 5) is 0. The Bertz CT molecular complexity index is 274. The zero-order chi connectivity index (χ0) is 52.0. The van der Waals surface area contributed by atoms with Gasteiger partial charge in [-0.05, 0) is 54.4 Å². The molecule has 63 heavy (non-hydrogen) atoms. The Hall–Kier alpha value is 3.25. The van der Waals surface area contributed by atoms with Gasteiger partial charge in [0.1, 0.15) is 0 Å². The van der Waals surface area contributed by atoms with Crippen LogP contribution < -0.4 is 0 Å². The molecule has 0 rings (SSSR count). The first-order chi connectivity index (χ1) is 26.0. The van der Waals surface area contributed by atoms with E-state index in [9.17, 15) is 0 Å². The van der Waals surface area contributed by atoms with Crippen molar-refractivity contribution in [1.82, 2.24) is 0 Å². The third kappa shape index (κ3) is 9470. The molecule has 0 aliphatic carbocycles. The fraction of sp³-hybridized carbons (Fsp3) is 0.840. The quantitative estimate of drug-likeness (QED) is 0.100. The van der Waals surface area contributed by atoms with Crippen LogP contribution in [0.25, 0.3) is 0 Å². The summed E-state index contributed by atoms with van der Waals surface area (Å²) in [6.45, 7) is 65.3. The summed E-state index contributed by atoms with van der Waals surface area (Å²) in [5.74, 6) is 11.3. The van der Waals surface area contributed by atoms with E-state index < -0.39 is 0 Å². The molecule has 0 unspecified atom stereocenters. The molecule has 0 saturated carbocycles. The van der Waals surface area contributed by atoms with E-state index >= 15 is 0 Å². The second-order valence-electron chi connectivity index (χ2n) is 16.3. The van der Waals surface area contributed by atoms with Gasteiger partial charge in [0, 0.05) is 74.6 Å². The fourth-order valence-corrected chi connectivity index (χ4v) is 0. The van der Waals surface area contributed by atoms with Crippen LogP contribution in [-0.4, -0.2) is 93.7 Å². The van der Waals surface area contributed by atoms with Gasteiger partial charge < -0.3 is 88.2 Å². The van der Waals surface area contributed by atoms with Crippen LogP contribution in [0.4, 0.5) is 0 Å². The van der Waals surface area contributed by atoms with Crippen LogP contribution in [0.15, 0.2) is 0 Å². The largest absolute Gasteiger partial charge is 2.00 e. The first kappa shape index (κ1) is 138. The molecule has 0 spiro atoms. The van der Waals surface area contributed by atoms with Crippen LogP contribution >= 0.6 is 0 Å². The summed E-state index contributed by atoms with van der Waals surface area (Å²) in [7, 11) is 2.00. The zero-order valence-electron chi connectivity index (χ0n) is 49.5. The Morgan fingerprint density at radius 1 is 0.286 bits per heavy atom. The molecule has 0 aliphatic heterocycles. The topological polar surface area (TPSA) is 162 Å². The average molecular weight is 1090 g/mol. The predicted molar refractivity (Wildman–Crippen MR) is 273 cm³/mol. The molecule has 0 aromatic carbocycles. The minimum atomic E-state index is -0.167. The summed E-state index contributed by atoms with van der Waals surface area (Å²) in [6.07, 6.45) is 1.42. The van der Waals surface area contributed by atoms with E-state index in [0.29, 0.717) is 13.2 Å². The van der Waals surface area contributed by atoms with Gasteiger partial charge in [0.2, 0.25) is 0 Å². The van der Waals surface area contributed by atoms with Crippen LogP contribution in [0.5, 0.6) is 0 Å². The van der Waals surface area contributed by atoms with Gasteiger partial charge in [0.15, 0.2) is 0 Å². The molecule has 0 aliphatic rings. The van der Waals surface area contributed by atoms with Crippen molar-refractivity contribution in [1.29, 1.82) is 0 Å². The maximum Gasteiger partial charge on any atom is 2.00 e. The molecule has 0 fully saturated rings. The van der Waals surface area contributed by atoms with E-state index in [1.54, 1.807) is 41.5 Å². The van der Waals surface area contributed by atoms with Crippen LogP contribution in [0.2, 0.25) is 0 Å². The number of hydrogen-bond acceptors (Lipinski definition) is 8. The first-order valence-corrected chi connectivity index (χ1v) is 20.8. The summed E-state index contributed by atoms with van der Waals surface area (Å²) < 4.78 is 0. The number of hydrogen-bond donors (Lipinski definition) is 8. The van der Waals surface area contributed by atoms with Gasteiger partial charge in [-0.2, -0.15) is 166 Å². The SMILES string of the molecule is CC(C)O.CC(C)O.CCCO.CCCO.CCO.CCO.CO.CO.C[C-](C)C.C[C-](C)C.C[C-](C)C.C[C-](C)C.C[C-](C)C.C[C-](C)C.C[C-](C)C.C[C-](C)C.[Ti+2].[Ti+2].[Ti+2].[Ti+2].[Ti]. The van der Waals surface area contributed by atoms with Crippen LogP contribution in [0.1, 0.15) is 234 Å². The zero-order valence-corrected chi connectivity index (χ0v) is 57.3. The Balaban J connectivity index is -0.0000000157. The Labute approximate surface area is 479 Å². The smallest absolute Gasteiger partial charge is 0.400 e. The molecule has 8 nitrogen and oxygen atoms in total. The summed E-state index contributed by atoms with van der Waals surface area (Å²) >= 11 is 0. The molecule has 0 aromatic heterocycles. The van der Waals surface area contributed by atoms with Gasteiger partial charge in [-0.15, -0.1) is 0 Å². The molecular formula is C50H124O8Ti5. The molecule has 0 bridgehead atoms. The molecule has 0 saturated heterocycles. The maximum absolute atomic E-state index is 8.06. The van der Waals surface area contributed by atoms with E-state index in [2.05, 4.69) is 166 Å². The summed E-state index contributed by atoms with van der Waals surface area (Å²) in [5.41, 5.74) is 0. The fourth-order valence-electron chi connectivity index (χ4n) is 0. The molecular weight excluding hydrogens is 968 g/mol. The van der Waals surface area contributed by atoms with Crippen molar-refractivity contribution in [3.63, 3.8) is 0 Å². The Kier molecular flexibility index (Phi) is 382. The van der Waals surface area contributed by atoms with E-state index in [1.807, 2.05) is 13.8 Å². The molecule has 0 amide bonds. The van der Waals surface area contributed by atoms with E-state index in [1.165, 1.54) is 47.3 Å². The van der Waals surface area contributed by atoms with Gasteiger partial charge in [0.05, 0.1) is 0 Å². The maximum atomic E-state index is 8.06. The third-order valence-electron chi connectivity index (χ3n) is 0.447. The third-order valence-corrected chi connectivity index (χ3v) is 0.447. The van der Waals surface area contributed by atoms with Crippen molar-refractivity contribution < 1.29 is 149 Å². The van der Waals surface area contributed by atoms with Crippen molar-refractivity contribution in [3.05, 3.63) is 47.3 Å². The standard InChI is InChI=1S/8C4H9.4C3H8O.2C2H6O.2CH4O.5Ti/c8*1-4(2)3;2*1-3(2)4;2*1-2-3-4;2*1-2-3;2*1-2;;;;;/h8*1-3H3;2*3-4H,1-2H3;2*4H,2-3H2,1H3;2*3H,2H2,1H3;2*2H,1H3;;;;;/q8*-1;;;;;;;;;;4*+2. The molecule has 8 N–H and O–H groups in total. The van der Waals surface area contributed by atoms with Gasteiger partial charge in [-0.3, -0.25) is 0 Å². The monoisotopic (exact) mass is 1090 g/mol. The molecule has 13 heteroatoms. The van der Waals surface area contributed by atoms with Crippen molar-refractivity contribution in [2.45, 2.75) is 247 Å². The second-order valence-corrected chi connectivity index (χ2v) is 16.3.